The lowest BCUT2D eigenvalue weighted by atomic mass is 10.3. The summed E-state index contributed by atoms with van der Waals surface area (Å²) < 4.78 is 30.6. The summed E-state index contributed by atoms with van der Waals surface area (Å²) in [6.07, 6.45) is 1.77. The lowest BCUT2D eigenvalue weighted by Crippen LogP contribution is -1.97. The van der Waals surface area contributed by atoms with E-state index in [0.29, 0.717) is 6.61 Å². The zero-order valence-corrected chi connectivity index (χ0v) is 7.89. The Bertz CT molecular complexity index is 290. The van der Waals surface area contributed by atoms with Crippen LogP contribution in [0.25, 0.3) is 0 Å². The zero-order valence-electron chi connectivity index (χ0n) is 7.89. The zero-order chi connectivity index (χ0) is 10.6. The van der Waals surface area contributed by atoms with Crippen LogP contribution in [0.5, 0.6) is 11.5 Å². The predicted molar refractivity (Wildman–Crippen MR) is 48.4 cm³/mol. The second-order valence-corrected chi connectivity index (χ2v) is 2.94. The van der Waals surface area contributed by atoms with Gasteiger partial charge in [-0.1, -0.05) is 13.3 Å². The fourth-order valence-electron chi connectivity index (χ4n) is 0.960. The molecule has 0 saturated heterocycles. The van der Waals surface area contributed by atoms with Crippen molar-refractivity contribution in [3.8, 4) is 11.5 Å². The molecule has 0 heterocycles. The maximum absolute atomic E-state index is 12.8. The number of unbranched alkanes of at least 4 members (excludes halogenated alkanes) is 1. The minimum Gasteiger partial charge on any atom is -0.503 e. The Labute approximate surface area is 81.1 Å². The highest BCUT2D eigenvalue weighted by molar-refractivity contribution is 5.33. The Morgan fingerprint density at radius 1 is 1.29 bits per heavy atom. The van der Waals surface area contributed by atoms with Crippen LogP contribution < -0.4 is 4.74 Å². The minimum atomic E-state index is -1.00. The van der Waals surface area contributed by atoms with Gasteiger partial charge in [0.05, 0.1) is 6.61 Å². The van der Waals surface area contributed by atoms with Crippen LogP contribution in [0.1, 0.15) is 19.8 Å². The molecule has 0 aromatic heterocycles. The molecule has 2 nitrogen and oxygen atoms in total. The standard InChI is InChI=1S/C10H12F2O2/c1-2-3-4-14-7-5-8(11)10(13)9(12)6-7/h5-6,13H,2-4H2,1H3. The van der Waals surface area contributed by atoms with E-state index in [1.807, 2.05) is 6.92 Å². The van der Waals surface area contributed by atoms with Gasteiger partial charge in [-0.15, -0.1) is 0 Å². The van der Waals surface area contributed by atoms with Crippen LogP contribution in [0, 0.1) is 11.6 Å². The molecule has 78 valence electrons. The van der Waals surface area contributed by atoms with Crippen molar-refractivity contribution in [2.24, 2.45) is 0 Å². The van der Waals surface area contributed by atoms with E-state index >= 15 is 0 Å². The van der Waals surface area contributed by atoms with Crippen LogP contribution >= 0.6 is 0 Å². The summed E-state index contributed by atoms with van der Waals surface area (Å²) in [5.41, 5.74) is 0. The molecule has 1 rings (SSSR count). The van der Waals surface area contributed by atoms with Crippen molar-refractivity contribution in [3.63, 3.8) is 0 Å². The Morgan fingerprint density at radius 2 is 1.86 bits per heavy atom. The quantitative estimate of drug-likeness (QED) is 0.761. The monoisotopic (exact) mass is 202 g/mol. The number of phenols is 1. The molecule has 0 atom stereocenters. The molecule has 1 aromatic rings. The Hall–Kier alpha value is -1.32. The fourth-order valence-corrected chi connectivity index (χ4v) is 0.960. The van der Waals surface area contributed by atoms with Crippen molar-refractivity contribution in [2.75, 3.05) is 6.61 Å². The van der Waals surface area contributed by atoms with Crippen LogP contribution in [0.4, 0.5) is 8.78 Å². The number of rotatable bonds is 4. The van der Waals surface area contributed by atoms with E-state index in [-0.39, 0.29) is 5.75 Å². The Morgan fingerprint density at radius 3 is 2.36 bits per heavy atom. The summed E-state index contributed by atoms with van der Waals surface area (Å²) in [4.78, 5) is 0. The van der Waals surface area contributed by atoms with E-state index in [9.17, 15) is 8.78 Å². The average Bonchev–Trinajstić information content (AvgIpc) is 2.14. The number of phenolic OH excluding ortho intramolecular Hbond substituents is 1. The maximum atomic E-state index is 12.8. The van der Waals surface area contributed by atoms with Gasteiger partial charge in [0.25, 0.3) is 0 Å². The SMILES string of the molecule is CCCCOc1cc(F)c(O)c(F)c1. The van der Waals surface area contributed by atoms with Crippen LogP contribution in [-0.2, 0) is 0 Å². The van der Waals surface area contributed by atoms with Crippen LogP contribution in [-0.4, -0.2) is 11.7 Å². The summed E-state index contributed by atoms with van der Waals surface area (Å²) in [5.74, 6) is -2.87. The van der Waals surface area contributed by atoms with E-state index in [1.54, 1.807) is 0 Å². The molecule has 0 saturated carbocycles. The van der Waals surface area contributed by atoms with Crippen LogP contribution in [0.3, 0.4) is 0 Å². The molecule has 0 aliphatic carbocycles. The Kier molecular flexibility index (Phi) is 3.68. The molecule has 0 unspecified atom stereocenters. The number of aromatic hydroxyl groups is 1. The molecular weight excluding hydrogens is 190 g/mol. The van der Waals surface area contributed by atoms with Gasteiger partial charge in [0.2, 0.25) is 0 Å². The van der Waals surface area contributed by atoms with Crippen molar-refractivity contribution in [1.29, 1.82) is 0 Å². The molecule has 0 amide bonds. The van der Waals surface area contributed by atoms with Crippen molar-refractivity contribution in [2.45, 2.75) is 19.8 Å². The third kappa shape index (κ3) is 2.58. The van der Waals surface area contributed by atoms with Crippen molar-refractivity contribution >= 4 is 0 Å². The van der Waals surface area contributed by atoms with Gasteiger partial charge in [-0.25, -0.2) is 8.78 Å². The van der Waals surface area contributed by atoms with Gasteiger partial charge in [0, 0.05) is 12.1 Å². The maximum Gasteiger partial charge on any atom is 0.188 e. The van der Waals surface area contributed by atoms with Gasteiger partial charge in [-0.2, -0.15) is 0 Å². The minimum absolute atomic E-state index is 0.103. The number of ether oxygens (including phenoxy) is 1. The molecule has 0 bridgehead atoms. The molecule has 0 radical (unpaired) electrons. The van der Waals surface area contributed by atoms with Gasteiger partial charge < -0.3 is 9.84 Å². The molecule has 4 heteroatoms. The molecular formula is C10H12F2O2. The second kappa shape index (κ2) is 4.79. The average molecular weight is 202 g/mol. The van der Waals surface area contributed by atoms with Crippen molar-refractivity contribution < 1.29 is 18.6 Å². The number of hydrogen-bond donors (Lipinski definition) is 1. The molecule has 0 fully saturated rings. The fraction of sp³-hybridized carbons (Fsp3) is 0.400. The normalized spacial score (nSPS) is 10.2. The number of hydrogen-bond acceptors (Lipinski definition) is 2. The lowest BCUT2D eigenvalue weighted by molar-refractivity contribution is 0.302. The highest BCUT2D eigenvalue weighted by Gasteiger charge is 2.09. The van der Waals surface area contributed by atoms with Gasteiger partial charge in [0.1, 0.15) is 5.75 Å². The largest absolute Gasteiger partial charge is 0.503 e. The predicted octanol–water partition coefficient (Wildman–Crippen LogP) is 2.85. The second-order valence-electron chi connectivity index (χ2n) is 2.94. The highest BCUT2D eigenvalue weighted by Crippen LogP contribution is 2.25. The van der Waals surface area contributed by atoms with Crippen LogP contribution in [0.2, 0.25) is 0 Å². The molecule has 0 aliphatic heterocycles. The first kappa shape index (κ1) is 10.8. The summed E-state index contributed by atoms with van der Waals surface area (Å²) >= 11 is 0. The van der Waals surface area contributed by atoms with E-state index in [1.165, 1.54) is 0 Å². The first-order chi connectivity index (χ1) is 6.65. The van der Waals surface area contributed by atoms with E-state index in [2.05, 4.69) is 0 Å². The summed E-state index contributed by atoms with van der Waals surface area (Å²) in [5, 5.41) is 8.80. The summed E-state index contributed by atoms with van der Waals surface area (Å²) in [7, 11) is 0. The molecule has 14 heavy (non-hydrogen) atoms. The summed E-state index contributed by atoms with van der Waals surface area (Å²) in [6.45, 7) is 2.40. The van der Waals surface area contributed by atoms with Gasteiger partial charge >= 0.3 is 0 Å². The lowest BCUT2D eigenvalue weighted by Gasteiger charge is -2.06. The third-order valence-electron chi connectivity index (χ3n) is 1.76. The summed E-state index contributed by atoms with van der Waals surface area (Å²) in [6, 6.07) is 1.93. The van der Waals surface area contributed by atoms with E-state index in [4.69, 9.17) is 9.84 Å². The number of halogens is 2. The smallest absolute Gasteiger partial charge is 0.188 e. The molecule has 1 N–H and O–H groups in total. The van der Waals surface area contributed by atoms with Gasteiger partial charge in [-0.3, -0.25) is 0 Å². The molecule has 1 aromatic carbocycles. The third-order valence-corrected chi connectivity index (χ3v) is 1.76. The molecule has 0 aliphatic rings. The molecule has 0 spiro atoms. The Balaban J connectivity index is 2.69. The number of benzene rings is 1. The van der Waals surface area contributed by atoms with Gasteiger partial charge in [-0.05, 0) is 6.42 Å². The van der Waals surface area contributed by atoms with Crippen LogP contribution in [0.15, 0.2) is 12.1 Å². The van der Waals surface area contributed by atoms with E-state index < -0.39 is 17.4 Å². The van der Waals surface area contributed by atoms with E-state index in [0.717, 1.165) is 25.0 Å². The topological polar surface area (TPSA) is 29.5 Å². The van der Waals surface area contributed by atoms with Crippen molar-refractivity contribution in [1.82, 2.24) is 0 Å². The first-order valence-electron chi connectivity index (χ1n) is 4.46. The van der Waals surface area contributed by atoms with Gasteiger partial charge in [0.15, 0.2) is 17.4 Å². The highest BCUT2D eigenvalue weighted by atomic mass is 19.1. The van der Waals surface area contributed by atoms with Crippen molar-refractivity contribution in [3.05, 3.63) is 23.8 Å². The first-order valence-corrected chi connectivity index (χ1v) is 4.46.